The first kappa shape index (κ1) is 20.4. The van der Waals surface area contributed by atoms with Crippen molar-refractivity contribution in [1.82, 2.24) is 24.8 Å². The highest BCUT2D eigenvalue weighted by Gasteiger charge is 2.47. The van der Waals surface area contributed by atoms with Crippen LogP contribution in [-0.4, -0.2) is 68.2 Å². The molecule has 160 valence electrons. The van der Waals surface area contributed by atoms with Crippen LogP contribution in [0.25, 0.3) is 0 Å². The number of alkyl halides is 2. The third kappa shape index (κ3) is 4.34. The molecule has 1 atom stereocenters. The van der Waals surface area contributed by atoms with Gasteiger partial charge in [-0.3, -0.25) is 9.59 Å². The highest BCUT2D eigenvalue weighted by Crippen LogP contribution is 2.33. The van der Waals surface area contributed by atoms with Crippen molar-refractivity contribution >= 4 is 11.8 Å². The molecule has 0 aliphatic carbocycles. The largest absolute Gasteiger partial charge is 0.337 e. The Hall–Kier alpha value is -2.84. The molecule has 0 radical (unpaired) electrons. The summed E-state index contributed by atoms with van der Waals surface area (Å²) in [6, 6.07) is 6.74. The molecule has 2 saturated heterocycles. The van der Waals surface area contributed by atoms with Gasteiger partial charge in [0.25, 0.3) is 11.8 Å². The molecule has 2 aromatic rings. The first-order valence-electron chi connectivity index (χ1n) is 10.2. The van der Waals surface area contributed by atoms with E-state index in [-0.39, 0.29) is 30.5 Å². The van der Waals surface area contributed by atoms with Crippen molar-refractivity contribution in [2.75, 3.05) is 19.6 Å². The molecule has 30 heavy (non-hydrogen) atoms. The topological polar surface area (TPSA) is 71.3 Å². The minimum atomic E-state index is -2.94. The van der Waals surface area contributed by atoms with Gasteiger partial charge in [-0.25, -0.2) is 13.5 Å². The molecular weight excluding hydrogens is 392 g/mol. The van der Waals surface area contributed by atoms with Crippen LogP contribution in [0.2, 0.25) is 0 Å². The zero-order chi connectivity index (χ0) is 21.3. The van der Waals surface area contributed by atoms with E-state index in [1.54, 1.807) is 4.90 Å². The predicted molar refractivity (Wildman–Crippen MR) is 105 cm³/mol. The van der Waals surface area contributed by atoms with Gasteiger partial charge in [0.1, 0.15) is 0 Å². The fraction of sp³-hybridized carbons (Fsp3) is 0.524. The van der Waals surface area contributed by atoms with Gasteiger partial charge in [-0.1, -0.05) is 29.5 Å². The second-order valence-electron chi connectivity index (χ2n) is 8.16. The van der Waals surface area contributed by atoms with E-state index in [1.807, 2.05) is 31.2 Å². The first-order valence-corrected chi connectivity index (χ1v) is 10.2. The molecule has 0 spiro atoms. The number of likely N-dealkylation sites (tertiary alicyclic amines) is 2. The number of hydrogen-bond donors (Lipinski definition) is 0. The summed E-state index contributed by atoms with van der Waals surface area (Å²) in [4.78, 5) is 28.2. The van der Waals surface area contributed by atoms with Gasteiger partial charge in [0.05, 0.1) is 31.7 Å². The summed E-state index contributed by atoms with van der Waals surface area (Å²) in [5.41, 5.74) is 1.99. The highest BCUT2D eigenvalue weighted by molar-refractivity contribution is 5.92. The Balaban J connectivity index is 1.46. The van der Waals surface area contributed by atoms with Gasteiger partial charge in [0.15, 0.2) is 5.69 Å². The SMILES string of the molecule is Cc1ccccc1CC(=O)N1CC(F)(F)C[C@H]1Cn1cc(C(=O)N2CCCC2)nn1. The zero-order valence-electron chi connectivity index (χ0n) is 16.9. The van der Waals surface area contributed by atoms with Crippen molar-refractivity contribution < 1.29 is 18.4 Å². The quantitative estimate of drug-likeness (QED) is 0.749. The number of amides is 2. The van der Waals surface area contributed by atoms with Gasteiger partial charge in [0, 0.05) is 19.5 Å². The molecule has 7 nitrogen and oxygen atoms in total. The fourth-order valence-corrected chi connectivity index (χ4v) is 4.21. The minimum Gasteiger partial charge on any atom is -0.337 e. The number of hydrogen-bond acceptors (Lipinski definition) is 4. The molecule has 0 unspecified atom stereocenters. The molecule has 1 aromatic heterocycles. The number of rotatable bonds is 5. The maximum atomic E-state index is 14.2. The lowest BCUT2D eigenvalue weighted by atomic mass is 10.1. The summed E-state index contributed by atoms with van der Waals surface area (Å²) in [5, 5.41) is 7.87. The van der Waals surface area contributed by atoms with Crippen molar-refractivity contribution in [3.05, 3.63) is 47.3 Å². The number of aryl methyl sites for hydroxylation is 1. The van der Waals surface area contributed by atoms with E-state index >= 15 is 0 Å². The predicted octanol–water partition coefficient (Wildman–Crippen LogP) is 2.30. The molecule has 2 amide bonds. The fourth-order valence-electron chi connectivity index (χ4n) is 4.21. The van der Waals surface area contributed by atoms with Gasteiger partial charge in [-0.2, -0.15) is 0 Å². The van der Waals surface area contributed by atoms with Crippen molar-refractivity contribution in [2.45, 2.75) is 51.1 Å². The van der Waals surface area contributed by atoms with Gasteiger partial charge in [-0.05, 0) is 30.9 Å². The van der Waals surface area contributed by atoms with Gasteiger partial charge in [-0.15, -0.1) is 5.10 Å². The summed E-state index contributed by atoms with van der Waals surface area (Å²) in [5.74, 6) is -3.47. The molecule has 0 saturated carbocycles. The van der Waals surface area contributed by atoms with Crippen LogP contribution in [0.5, 0.6) is 0 Å². The maximum Gasteiger partial charge on any atom is 0.276 e. The molecule has 2 aliphatic heterocycles. The van der Waals surface area contributed by atoms with Crippen LogP contribution in [-0.2, 0) is 17.8 Å². The van der Waals surface area contributed by atoms with E-state index in [4.69, 9.17) is 0 Å². The molecule has 3 heterocycles. The minimum absolute atomic E-state index is 0.0787. The Labute approximate surface area is 173 Å². The smallest absolute Gasteiger partial charge is 0.276 e. The molecule has 2 aliphatic rings. The lowest BCUT2D eigenvalue weighted by molar-refractivity contribution is -0.132. The van der Waals surface area contributed by atoms with Crippen molar-refractivity contribution in [1.29, 1.82) is 0 Å². The highest BCUT2D eigenvalue weighted by atomic mass is 19.3. The van der Waals surface area contributed by atoms with Gasteiger partial charge < -0.3 is 9.80 Å². The molecular formula is C21H25F2N5O2. The second-order valence-corrected chi connectivity index (χ2v) is 8.16. The molecule has 2 fully saturated rings. The van der Waals surface area contributed by atoms with E-state index in [1.165, 1.54) is 15.8 Å². The summed E-state index contributed by atoms with van der Waals surface area (Å²) in [7, 11) is 0. The summed E-state index contributed by atoms with van der Waals surface area (Å²) in [6.07, 6.45) is 3.07. The van der Waals surface area contributed by atoms with Gasteiger partial charge in [0.2, 0.25) is 5.91 Å². The van der Waals surface area contributed by atoms with E-state index in [9.17, 15) is 18.4 Å². The van der Waals surface area contributed by atoms with Gasteiger partial charge >= 0.3 is 0 Å². The van der Waals surface area contributed by atoms with Crippen LogP contribution in [0, 0.1) is 6.92 Å². The van der Waals surface area contributed by atoms with E-state index in [0.717, 1.165) is 24.0 Å². The number of carbonyl (C=O) groups excluding carboxylic acids is 2. The van der Waals surface area contributed by atoms with Crippen molar-refractivity contribution in [3.8, 4) is 0 Å². The average Bonchev–Trinajstić information content (AvgIpc) is 3.43. The van der Waals surface area contributed by atoms with Crippen LogP contribution >= 0.6 is 0 Å². The third-order valence-corrected chi connectivity index (χ3v) is 5.85. The molecule has 0 bridgehead atoms. The van der Waals surface area contributed by atoms with Crippen LogP contribution in [0.15, 0.2) is 30.5 Å². The second kappa shape index (κ2) is 8.12. The van der Waals surface area contributed by atoms with Crippen LogP contribution in [0.1, 0.15) is 40.9 Å². The lowest BCUT2D eigenvalue weighted by Crippen LogP contribution is -2.39. The number of carbonyl (C=O) groups is 2. The Morgan fingerprint density at radius 2 is 1.93 bits per heavy atom. The Morgan fingerprint density at radius 1 is 1.20 bits per heavy atom. The lowest BCUT2D eigenvalue weighted by Gasteiger charge is -2.24. The van der Waals surface area contributed by atoms with E-state index in [2.05, 4.69) is 10.3 Å². The number of halogens is 2. The maximum absolute atomic E-state index is 14.2. The summed E-state index contributed by atoms with van der Waals surface area (Å²) >= 11 is 0. The Bertz CT molecular complexity index is 939. The zero-order valence-corrected chi connectivity index (χ0v) is 16.9. The standard InChI is InChI=1S/C21H25F2N5O2/c1-15-6-2-3-7-16(15)10-19(29)28-14-21(22,23)11-17(28)12-27-13-18(24-25-27)20(30)26-8-4-5-9-26/h2-3,6-7,13,17H,4-5,8-12,14H2,1H3/t17-/m0/s1. The Kier molecular flexibility index (Phi) is 5.53. The Morgan fingerprint density at radius 3 is 2.67 bits per heavy atom. The monoisotopic (exact) mass is 417 g/mol. The molecule has 4 rings (SSSR count). The average molecular weight is 417 g/mol. The summed E-state index contributed by atoms with van der Waals surface area (Å²) < 4.78 is 29.7. The summed E-state index contributed by atoms with van der Waals surface area (Å²) in [6.45, 7) is 2.77. The molecule has 0 N–H and O–H groups in total. The first-order chi connectivity index (χ1) is 14.3. The van der Waals surface area contributed by atoms with E-state index in [0.29, 0.717) is 13.1 Å². The molecule has 9 heteroatoms. The third-order valence-electron chi connectivity index (χ3n) is 5.85. The van der Waals surface area contributed by atoms with E-state index < -0.39 is 24.9 Å². The van der Waals surface area contributed by atoms with Crippen LogP contribution in [0.4, 0.5) is 8.78 Å². The molecule has 1 aromatic carbocycles. The number of aromatic nitrogens is 3. The number of benzene rings is 1. The number of nitrogens with zero attached hydrogens (tertiary/aromatic N) is 5. The van der Waals surface area contributed by atoms with Crippen molar-refractivity contribution in [2.24, 2.45) is 0 Å². The normalized spacial score (nSPS) is 20.7. The van der Waals surface area contributed by atoms with Crippen LogP contribution < -0.4 is 0 Å². The van der Waals surface area contributed by atoms with Crippen LogP contribution in [0.3, 0.4) is 0 Å². The van der Waals surface area contributed by atoms with Crippen molar-refractivity contribution in [3.63, 3.8) is 0 Å².